The highest BCUT2D eigenvalue weighted by molar-refractivity contribution is 6.30. The van der Waals surface area contributed by atoms with E-state index in [1.54, 1.807) is 31.3 Å². The summed E-state index contributed by atoms with van der Waals surface area (Å²) in [6, 6.07) is 14.5. The molecule has 2 aliphatic rings. The minimum absolute atomic E-state index is 0.273. The maximum Gasteiger partial charge on any atom is 0.304 e. The van der Waals surface area contributed by atoms with Crippen LogP contribution in [-0.2, 0) is 9.59 Å². The molecular weight excluding hydrogens is 513 g/mol. The van der Waals surface area contributed by atoms with Crippen LogP contribution < -0.4 is 5.32 Å². The van der Waals surface area contributed by atoms with Crippen LogP contribution in [0.4, 0.5) is 0 Å². The second kappa shape index (κ2) is 10.5. The molecule has 7 nitrogen and oxygen atoms in total. The summed E-state index contributed by atoms with van der Waals surface area (Å²) in [7, 11) is 0. The van der Waals surface area contributed by atoms with E-state index in [4.69, 9.17) is 27.7 Å². The number of rotatable bonds is 9. The molecule has 194 valence electrons. The second-order valence-electron chi connectivity index (χ2n) is 10.5. The van der Waals surface area contributed by atoms with Gasteiger partial charge in [0.15, 0.2) is 5.76 Å². The highest BCUT2D eigenvalue weighted by Gasteiger charge is 2.57. The van der Waals surface area contributed by atoms with Crippen molar-refractivity contribution in [3.63, 3.8) is 0 Å². The standard InChI is InChI=1S/C28H29Cl2N3O4/c1-28(14-23(34)35)25(21(12-7-16-5-6-16)22-15-31-33-37-22)24(18-3-2-4-20(30)13-18)26(32-27(28)36)17-8-10-19(29)11-9-17/h2-4,8-11,13,15-16,21,24-26H,5-7,12,14H2,1H3,(H,32,36)(H,34,35)/t21-,24+,25?,26-,28-/m1/s1. The molecule has 2 aromatic carbocycles. The zero-order valence-corrected chi connectivity index (χ0v) is 22.0. The molecule has 3 aromatic rings. The van der Waals surface area contributed by atoms with Crippen molar-refractivity contribution in [2.75, 3.05) is 0 Å². The summed E-state index contributed by atoms with van der Waals surface area (Å²) in [6.45, 7) is 1.75. The van der Waals surface area contributed by atoms with Crippen LogP contribution in [0.1, 0.15) is 73.8 Å². The Balaban J connectivity index is 1.71. The van der Waals surface area contributed by atoms with Gasteiger partial charge in [-0.25, -0.2) is 0 Å². The maximum atomic E-state index is 13.9. The molecule has 1 saturated carbocycles. The first-order valence-corrected chi connectivity index (χ1v) is 13.3. The van der Waals surface area contributed by atoms with E-state index in [0.717, 1.165) is 24.0 Å². The molecule has 0 radical (unpaired) electrons. The fourth-order valence-corrected chi connectivity index (χ4v) is 6.42. The summed E-state index contributed by atoms with van der Waals surface area (Å²) >= 11 is 12.6. The van der Waals surface area contributed by atoms with Crippen molar-refractivity contribution >= 4 is 35.1 Å². The number of carbonyl (C=O) groups is 2. The van der Waals surface area contributed by atoms with Crippen molar-refractivity contribution in [1.29, 1.82) is 0 Å². The lowest BCUT2D eigenvalue weighted by molar-refractivity contribution is -0.152. The van der Waals surface area contributed by atoms with E-state index in [9.17, 15) is 14.7 Å². The first kappa shape index (κ1) is 25.7. The number of hydrogen-bond donors (Lipinski definition) is 2. The average molecular weight is 542 g/mol. The van der Waals surface area contributed by atoms with Crippen LogP contribution in [0, 0.1) is 17.3 Å². The van der Waals surface area contributed by atoms with Gasteiger partial charge in [-0.3, -0.25) is 9.59 Å². The second-order valence-corrected chi connectivity index (χ2v) is 11.4. The van der Waals surface area contributed by atoms with Crippen LogP contribution in [0.2, 0.25) is 10.0 Å². The predicted molar refractivity (Wildman–Crippen MR) is 139 cm³/mol. The number of halogens is 2. The van der Waals surface area contributed by atoms with Gasteiger partial charge in [0.2, 0.25) is 5.91 Å². The number of amides is 1. The molecule has 2 heterocycles. The summed E-state index contributed by atoms with van der Waals surface area (Å²) in [5, 5.41) is 22.0. The van der Waals surface area contributed by atoms with Gasteiger partial charge in [0, 0.05) is 27.2 Å². The third kappa shape index (κ3) is 5.39. The fraction of sp³-hybridized carbons (Fsp3) is 0.429. The fourth-order valence-electron chi connectivity index (χ4n) is 6.09. The molecule has 5 atom stereocenters. The summed E-state index contributed by atoms with van der Waals surface area (Å²) in [5.41, 5.74) is 0.558. The predicted octanol–water partition coefficient (Wildman–Crippen LogP) is 6.40. The largest absolute Gasteiger partial charge is 0.481 e. The van der Waals surface area contributed by atoms with E-state index in [2.05, 4.69) is 15.7 Å². The minimum atomic E-state index is -1.23. The molecule has 1 amide bonds. The summed E-state index contributed by atoms with van der Waals surface area (Å²) in [4.78, 5) is 26.1. The number of aromatic nitrogens is 2. The average Bonchev–Trinajstić information content (AvgIpc) is 3.52. The Kier molecular flexibility index (Phi) is 7.28. The molecule has 1 unspecified atom stereocenters. The van der Waals surface area contributed by atoms with E-state index >= 15 is 0 Å². The van der Waals surface area contributed by atoms with E-state index in [-0.39, 0.29) is 24.2 Å². The molecule has 1 aliphatic heterocycles. The van der Waals surface area contributed by atoms with Gasteiger partial charge in [-0.1, -0.05) is 60.3 Å². The molecular formula is C28H29Cl2N3O4. The molecule has 9 heteroatoms. The Bertz CT molecular complexity index is 1260. The highest BCUT2D eigenvalue weighted by Crippen LogP contribution is 2.57. The molecule has 37 heavy (non-hydrogen) atoms. The van der Waals surface area contributed by atoms with E-state index < -0.39 is 23.3 Å². The first-order chi connectivity index (χ1) is 17.8. The topological polar surface area (TPSA) is 105 Å². The molecule has 1 saturated heterocycles. The van der Waals surface area contributed by atoms with Crippen molar-refractivity contribution in [2.45, 2.75) is 56.9 Å². The zero-order chi connectivity index (χ0) is 26.2. The van der Waals surface area contributed by atoms with Crippen LogP contribution >= 0.6 is 23.2 Å². The Morgan fingerprint density at radius 1 is 1.16 bits per heavy atom. The zero-order valence-electron chi connectivity index (χ0n) is 20.4. The lowest BCUT2D eigenvalue weighted by atomic mass is 9.55. The summed E-state index contributed by atoms with van der Waals surface area (Å²) in [5.74, 6) is -1.15. The first-order valence-electron chi connectivity index (χ1n) is 12.6. The highest BCUT2D eigenvalue weighted by atomic mass is 35.5. The SMILES string of the molecule is C[C@]1(CC(=O)O)C(=O)N[C@H](c2ccc(Cl)cc2)[C@@H](c2cccc(Cl)c2)C1[C@H](CCC1CC1)c1cnno1. The van der Waals surface area contributed by atoms with Gasteiger partial charge >= 0.3 is 5.97 Å². The maximum absolute atomic E-state index is 13.9. The summed E-state index contributed by atoms with van der Waals surface area (Å²) in [6.07, 6.45) is 5.33. The van der Waals surface area contributed by atoms with Crippen LogP contribution in [0.3, 0.4) is 0 Å². The molecule has 1 aromatic heterocycles. The van der Waals surface area contributed by atoms with Crippen molar-refractivity contribution < 1.29 is 19.2 Å². The number of nitrogens with one attached hydrogen (secondary N) is 1. The smallest absolute Gasteiger partial charge is 0.304 e. The molecule has 2 N–H and O–H groups in total. The molecule has 0 spiro atoms. The normalized spacial score (nSPS) is 26.5. The Morgan fingerprint density at radius 2 is 1.92 bits per heavy atom. The number of carboxylic acid groups (broad SMARTS) is 1. The monoisotopic (exact) mass is 541 g/mol. The number of carboxylic acids is 1. The van der Waals surface area contributed by atoms with E-state index in [1.807, 2.05) is 30.3 Å². The van der Waals surface area contributed by atoms with Crippen LogP contribution in [0.15, 0.2) is 59.3 Å². The van der Waals surface area contributed by atoms with Crippen molar-refractivity contribution in [2.24, 2.45) is 17.3 Å². The van der Waals surface area contributed by atoms with Crippen molar-refractivity contribution in [1.82, 2.24) is 15.7 Å². The van der Waals surface area contributed by atoms with E-state index in [1.165, 1.54) is 12.8 Å². The van der Waals surface area contributed by atoms with Crippen LogP contribution in [-0.4, -0.2) is 27.4 Å². The summed E-state index contributed by atoms with van der Waals surface area (Å²) < 4.78 is 5.62. The number of aliphatic carboxylic acids is 1. The third-order valence-electron chi connectivity index (χ3n) is 8.03. The number of piperidine rings is 1. The van der Waals surface area contributed by atoms with E-state index in [0.29, 0.717) is 21.7 Å². The molecule has 1 aliphatic carbocycles. The number of nitrogens with zero attached hydrogens (tertiary/aromatic N) is 2. The quantitative estimate of drug-likeness (QED) is 0.324. The van der Waals surface area contributed by atoms with Gasteiger partial charge in [-0.2, -0.15) is 0 Å². The van der Waals surface area contributed by atoms with Gasteiger partial charge in [-0.05, 0) is 67.0 Å². The third-order valence-corrected chi connectivity index (χ3v) is 8.52. The van der Waals surface area contributed by atoms with Crippen molar-refractivity contribution in [3.8, 4) is 0 Å². The minimum Gasteiger partial charge on any atom is -0.481 e. The lowest BCUT2D eigenvalue weighted by Crippen LogP contribution is -2.57. The molecule has 5 rings (SSSR count). The van der Waals surface area contributed by atoms with Gasteiger partial charge in [0.05, 0.1) is 24.1 Å². The van der Waals surface area contributed by atoms with Gasteiger partial charge in [0.1, 0.15) is 0 Å². The van der Waals surface area contributed by atoms with Crippen LogP contribution in [0.25, 0.3) is 0 Å². The number of hydrogen-bond acceptors (Lipinski definition) is 5. The number of carbonyl (C=O) groups excluding carboxylic acids is 1. The Morgan fingerprint density at radius 3 is 2.54 bits per heavy atom. The lowest BCUT2D eigenvalue weighted by Gasteiger charge is -2.51. The molecule has 2 fully saturated rings. The Hall–Kier alpha value is -2.90. The van der Waals surface area contributed by atoms with Crippen LogP contribution in [0.5, 0.6) is 0 Å². The van der Waals surface area contributed by atoms with Crippen molar-refractivity contribution in [3.05, 3.63) is 81.7 Å². The van der Waals surface area contributed by atoms with Gasteiger partial charge in [0.25, 0.3) is 0 Å². The Labute approximate surface area is 225 Å². The number of benzene rings is 2. The van der Waals surface area contributed by atoms with Gasteiger partial charge in [-0.15, -0.1) is 5.10 Å². The molecule has 0 bridgehead atoms. The van der Waals surface area contributed by atoms with Gasteiger partial charge < -0.3 is 14.9 Å².